The molecule has 2 atom stereocenters. The van der Waals surface area contributed by atoms with Gasteiger partial charge in [-0.05, 0) is 42.2 Å². The molecule has 0 spiro atoms. The zero-order valence-corrected chi connectivity index (χ0v) is 17.6. The largest absolute Gasteiger partial charge is 0.348 e. The monoisotopic (exact) mass is 398 g/mol. The molecular weight excluding hydrogens is 368 g/mol. The SMILES string of the molecule is CC(C)C[C@H](NC(=O)[C@H]1CCCN(C(=O)Cc2ccccc2)C1)c1cccs1. The van der Waals surface area contributed by atoms with Gasteiger partial charge in [0.2, 0.25) is 11.8 Å². The highest BCUT2D eigenvalue weighted by molar-refractivity contribution is 7.10. The second-order valence-electron chi connectivity index (χ2n) is 8.05. The zero-order valence-electron chi connectivity index (χ0n) is 16.8. The van der Waals surface area contributed by atoms with Gasteiger partial charge in [-0.1, -0.05) is 50.2 Å². The number of likely N-dealkylation sites (tertiary alicyclic amines) is 1. The number of hydrogen-bond acceptors (Lipinski definition) is 3. The summed E-state index contributed by atoms with van der Waals surface area (Å²) in [6.45, 7) is 5.63. The first-order chi connectivity index (χ1) is 13.5. The number of nitrogens with one attached hydrogen (secondary N) is 1. The molecule has 0 saturated carbocycles. The molecule has 5 heteroatoms. The van der Waals surface area contributed by atoms with Gasteiger partial charge in [-0.3, -0.25) is 9.59 Å². The van der Waals surface area contributed by atoms with Crippen molar-refractivity contribution in [3.8, 4) is 0 Å². The summed E-state index contributed by atoms with van der Waals surface area (Å²) in [6, 6.07) is 14.0. The average Bonchev–Trinajstić information content (AvgIpc) is 3.23. The molecule has 3 rings (SSSR count). The van der Waals surface area contributed by atoms with Crippen molar-refractivity contribution in [2.45, 2.75) is 45.6 Å². The number of hydrogen-bond donors (Lipinski definition) is 1. The molecule has 1 aliphatic rings. The summed E-state index contributed by atoms with van der Waals surface area (Å²) in [4.78, 5) is 28.7. The van der Waals surface area contributed by atoms with Gasteiger partial charge in [0, 0.05) is 18.0 Å². The first-order valence-corrected chi connectivity index (χ1v) is 11.1. The number of carbonyl (C=O) groups excluding carboxylic acids is 2. The van der Waals surface area contributed by atoms with Crippen molar-refractivity contribution in [3.05, 3.63) is 58.3 Å². The Morgan fingerprint density at radius 1 is 1.18 bits per heavy atom. The lowest BCUT2D eigenvalue weighted by Crippen LogP contribution is -2.46. The van der Waals surface area contributed by atoms with Crippen LogP contribution < -0.4 is 5.32 Å². The molecule has 150 valence electrons. The van der Waals surface area contributed by atoms with Crippen LogP contribution >= 0.6 is 11.3 Å². The Bertz CT molecular complexity index is 758. The van der Waals surface area contributed by atoms with Crippen LogP contribution in [0.25, 0.3) is 0 Å². The van der Waals surface area contributed by atoms with Crippen molar-refractivity contribution in [3.63, 3.8) is 0 Å². The van der Waals surface area contributed by atoms with E-state index in [-0.39, 0.29) is 23.8 Å². The van der Waals surface area contributed by atoms with Crippen LogP contribution in [0.15, 0.2) is 47.8 Å². The maximum atomic E-state index is 13.0. The van der Waals surface area contributed by atoms with Gasteiger partial charge in [0.05, 0.1) is 18.4 Å². The molecule has 0 unspecified atom stereocenters. The molecule has 2 aromatic rings. The van der Waals surface area contributed by atoms with E-state index in [1.165, 1.54) is 4.88 Å². The van der Waals surface area contributed by atoms with Gasteiger partial charge in [0.1, 0.15) is 0 Å². The number of amides is 2. The van der Waals surface area contributed by atoms with Gasteiger partial charge in [-0.25, -0.2) is 0 Å². The summed E-state index contributed by atoms with van der Waals surface area (Å²) in [5, 5.41) is 5.32. The summed E-state index contributed by atoms with van der Waals surface area (Å²) in [7, 11) is 0. The van der Waals surface area contributed by atoms with E-state index in [0.717, 1.165) is 31.4 Å². The van der Waals surface area contributed by atoms with Crippen LogP contribution in [0.2, 0.25) is 0 Å². The topological polar surface area (TPSA) is 49.4 Å². The summed E-state index contributed by atoms with van der Waals surface area (Å²) in [6.07, 6.45) is 3.06. The molecular formula is C23H30N2O2S. The molecule has 4 nitrogen and oxygen atoms in total. The second-order valence-corrected chi connectivity index (χ2v) is 9.03. The first kappa shape index (κ1) is 20.6. The first-order valence-electron chi connectivity index (χ1n) is 10.2. The van der Waals surface area contributed by atoms with Gasteiger partial charge in [-0.2, -0.15) is 0 Å². The Morgan fingerprint density at radius 3 is 2.64 bits per heavy atom. The van der Waals surface area contributed by atoms with Crippen LogP contribution in [0.4, 0.5) is 0 Å². The molecule has 1 N–H and O–H groups in total. The number of benzene rings is 1. The molecule has 1 aromatic carbocycles. The van der Waals surface area contributed by atoms with E-state index in [1.807, 2.05) is 41.3 Å². The fraction of sp³-hybridized carbons (Fsp3) is 0.478. The summed E-state index contributed by atoms with van der Waals surface area (Å²) < 4.78 is 0. The normalized spacial score (nSPS) is 18.1. The van der Waals surface area contributed by atoms with Gasteiger partial charge in [0.25, 0.3) is 0 Å². The van der Waals surface area contributed by atoms with Gasteiger partial charge in [-0.15, -0.1) is 11.3 Å². The van der Waals surface area contributed by atoms with Crippen LogP contribution in [0.1, 0.15) is 49.6 Å². The van der Waals surface area contributed by atoms with E-state index in [2.05, 4.69) is 30.6 Å². The number of nitrogens with zero attached hydrogens (tertiary/aromatic N) is 1. The van der Waals surface area contributed by atoms with E-state index in [0.29, 0.717) is 18.9 Å². The number of carbonyl (C=O) groups is 2. The van der Waals surface area contributed by atoms with Crippen LogP contribution in [-0.4, -0.2) is 29.8 Å². The lowest BCUT2D eigenvalue weighted by molar-refractivity contribution is -0.135. The van der Waals surface area contributed by atoms with E-state index in [4.69, 9.17) is 0 Å². The fourth-order valence-corrected chi connectivity index (χ4v) is 4.59. The molecule has 0 bridgehead atoms. The van der Waals surface area contributed by atoms with Gasteiger partial charge < -0.3 is 10.2 Å². The molecule has 1 fully saturated rings. The lowest BCUT2D eigenvalue weighted by Gasteiger charge is -2.33. The van der Waals surface area contributed by atoms with Gasteiger partial charge in [0.15, 0.2) is 0 Å². The van der Waals surface area contributed by atoms with E-state index in [9.17, 15) is 9.59 Å². The van der Waals surface area contributed by atoms with Crippen molar-refractivity contribution in [2.24, 2.45) is 11.8 Å². The molecule has 28 heavy (non-hydrogen) atoms. The van der Waals surface area contributed by atoms with Crippen molar-refractivity contribution in [1.29, 1.82) is 0 Å². The summed E-state index contributed by atoms with van der Waals surface area (Å²) in [5.41, 5.74) is 1.02. The number of piperidine rings is 1. The third-order valence-electron chi connectivity index (χ3n) is 5.25. The van der Waals surface area contributed by atoms with Crippen molar-refractivity contribution < 1.29 is 9.59 Å². The highest BCUT2D eigenvalue weighted by Gasteiger charge is 2.30. The predicted octanol–water partition coefficient (Wildman–Crippen LogP) is 4.43. The molecule has 2 amide bonds. The Balaban J connectivity index is 1.59. The van der Waals surface area contributed by atoms with Crippen molar-refractivity contribution in [2.75, 3.05) is 13.1 Å². The summed E-state index contributed by atoms with van der Waals surface area (Å²) >= 11 is 1.69. The molecule has 1 aliphatic heterocycles. The third-order valence-corrected chi connectivity index (χ3v) is 6.24. The van der Waals surface area contributed by atoms with Crippen LogP contribution in [-0.2, 0) is 16.0 Å². The Kier molecular flexibility index (Phi) is 7.26. The predicted molar refractivity (Wildman–Crippen MR) is 114 cm³/mol. The lowest BCUT2D eigenvalue weighted by atomic mass is 9.95. The smallest absolute Gasteiger partial charge is 0.227 e. The molecule has 1 saturated heterocycles. The standard InChI is InChI=1S/C23H30N2O2S/c1-17(2)14-20(21-11-7-13-28-21)24-23(27)19-10-6-12-25(16-19)22(26)15-18-8-4-3-5-9-18/h3-5,7-9,11,13,17,19-20H,6,10,12,14-16H2,1-2H3,(H,24,27)/t19-,20-/m0/s1. The van der Waals surface area contributed by atoms with Crippen molar-refractivity contribution >= 4 is 23.2 Å². The second kappa shape index (κ2) is 9.87. The Hall–Kier alpha value is -2.14. The average molecular weight is 399 g/mol. The van der Waals surface area contributed by atoms with Crippen LogP contribution in [0, 0.1) is 11.8 Å². The van der Waals surface area contributed by atoms with Gasteiger partial charge >= 0.3 is 0 Å². The minimum absolute atomic E-state index is 0.0582. The zero-order chi connectivity index (χ0) is 19.9. The third kappa shape index (κ3) is 5.68. The van der Waals surface area contributed by atoms with Crippen molar-refractivity contribution in [1.82, 2.24) is 10.2 Å². The van der Waals surface area contributed by atoms with E-state index >= 15 is 0 Å². The molecule has 0 radical (unpaired) electrons. The Morgan fingerprint density at radius 2 is 1.96 bits per heavy atom. The maximum Gasteiger partial charge on any atom is 0.227 e. The molecule has 0 aliphatic carbocycles. The highest BCUT2D eigenvalue weighted by Crippen LogP contribution is 2.27. The van der Waals surface area contributed by atoms with E-state index < -0.39 is 0 Å². The minimum Gasteiger partial charge on any atom is -0.348 e. The maximum absolute atomic E-state index is 13.0. The number of thiophene rings is 1. The fourth-order valence-electron chi connectivity index (χ4n) is 3.80. The Labute approximate surface area is 172 Å². The minimum atomic E-state index is -0.122. The summed E-state index contributed by atoms with van der Waals surface area (Å²) in [5.74, 6) is 0.572. The molecule has 2 heterocycles. The number of rotatable bonds is 7. The van der Waals surface area contributed by atoms with Crippen LogP contribution in [0.3, 0.4) is 0 Å². The van der Waals surface area contributed by atoms with E-state index in [1.54, 1.807) is 11.3 Å². The van der Waals surface area contributed by atoms with Crippen LogP contribution in [0.5, 0.6) is 0 Å². The highest BCUT2D eigenvalue weighted by atomic mass is 32.1. The molecule has 1 aromatic heterocycles. The quantitative estimate of drug-likeness (QED) is 0.750.